The van der Waals surface area contributed by atoms with Gasteiger partial charge >= 0.3 is 0 Å². The van der Waals surface area contributed by atoms with Crippen LogP contribution in [0.1, 0.15) is 44.3 Å². The molecule has 1 atom stereocenters. The smallest absolute Gasteiger partial charge is 0.275 e. The number of rotatable bonds is 5. The zero-order valence-electron chi connectivity index (χ0n) is 16.7. The highest BCUT2D eigenvalue weighted by Crippen LogP contribution is 2.25. The van der Waals surface area contributed by atoms with Gasteiger partial charge in [-0.05, 0) is 69.9 Å². The summed E-state index contributed by atoms with van der Waals surface area (Å²) < 4.78 is 7.21. The molecule has 1 aromatic heterocycles. The molecule has 0 bridgehead atoms. The van der Waals surface area contributed by atoms with Crippen LogP contribution in [0, 0.1) is 6.92 Å². The van der Waals surface area contributed by atoms with E-state index in [1.807, 2.05) is 49.4 Å². The number of hydrogen-bond acceptors (Lipinski definition) is 4. The third-order valence-electron chi connectivity index (χ3n) is 5.49. The number of nitrogens with one attached hydrogen (secondary N) is 1. The summed E-state index contributed by atoms with van der Waals surface area (Å²) >= 11 is 0. The molecule has 0 saturated heterocycles. The molecule has 3 aromatic rings. The van der Waals surface area contributed by atoms with E-state index in [0.717, 1.165) is 24.0 Å². The van der Waals surface area contributed by atoms with Gasteiger partial charge in [0.05, 0.1) is 17.2 Å². The summed E-state index contributed by atoms with van der Waals surface area (Å²) in [6, 6.07) is 13.9. The van der Waals surface area contributed by atoms with Crippen molar-refractivity contribution in [2.45, 2.75) is 51.7 Å². The standard InChI is InChI=1S/C23H25N3O3/c1-15-20-9-5-6-10-21(20)23(28)26(25-15)16(2)22(27)24-17-11-13-19(14-12-17)29-18-7-3-4-8-18/h5-6,9-14,16,18H,3-4,7-8H2,1-2H3,(H,24,27). The Morgan fingerprint density at radius 1 is 1.10 bits per heavy atom. The topological polar surface area (TPSA) is 73.2 Å². The molecule has 1 saturated carbocycles. The Kier molecular flexibility index (Phi) is 5.34. The predicted molar refractivity (Wildman–Crippen MR) is 113 cm³/mol. The van der Waals surface area contributed by atoms with E-state index < -0.39 is 6.04 Å². The molecule has 4 rings (SSSR count). The van der Waals surface area contributed by atoms with Crippen molar-refractivity contribution in [1.29, 1.82) is 0 Å². The summed E-state index contributed by atoms with van der Waals surface area (Å²) in [6.07, 6.45) is 4.94. The van der Waals surface area contributed by atoms with Crippen LogP contribution in [0.15, 0.2) is 53.3 Å². The minimum Gasteiger partial charge on any atom is -0.490 e. The number of fused-ring (bicyclic) bond motifs is 1. The molecule has 150 valence electrons. The molecule has 29 heavy (non-hydrogen) atoms. The van der Waals surface area contributed by atoms with Crippen molar-refractivity contribution >= 4 is 22.4 Å². The maximum absolute atomic E-state index is 12.8. The van der Waals surface area contributed by atoms with E-state index in [1.54, 1.807) is 13.0 Å². The zero-order chi connectivity index (χ0) is 20.4. The average Bonchev–Trinajstić information content (AvgIpc) is 3.24. The first-order valence-corrected chi connectivity index (χ1v) is 10.1. The van der Waals surface area contributed by atoms with Crippen molar-refractivity contribution in [1.82, 2.24) is 9.78 Å². The lowest BCUT2D eigenvalue weighted by molar-refractivity contribution is -0.119. The van der Waals surface area contributed by atoms with Crippen LogP contribution in [-0.4, -0.2) is 21.8 Å². The molecule has 1 aliphatic carbocycles. The number of anilines is 1. The number of nitrogens with zero attached hydrogens (tertiary/aromatic N) is 2. The molecular formula is C23H25N3O3. The van der Waals surface area contributed by atoms with Crippen LogP contribution in [0.3, 0.4) is 0 Å². The largest absolute Gasteiger partial charge is 0.490 e. The molecule has 1 fully saturated rings. The normalized spacial score (nSPS) is 15.4. The van der Waals surface area contributed by atoms with E-state index in [9.17, 15) is 9.59 Å². The molecule has 0 aliphatic heterocycles. The maximum atomic E-state index is 12.8. The molecule has 0 spiro atoms. The van der Waals surface area contributed by atoms with Gasteiger partial charge in [0.2, 0.25) is 5.91 Å². The van der Waals surface area contributed by atoms with E-state index in [-0.39, 0.29) is 11.5 Å². The van der Waals surface area contributed by atoms with E-state index >= 15 is 0 Å². The van der Waals surface area contributed by atoms with Crippen molar-refractivity contribution in [3.8, 4) is 5.75 Å². The zero-order valence-corrected chi connectivity index (χ0v) is 16.7. The molecule has 1 heterocycles. The summed E-state index contributed by atoms with van der Waals surface area (Å²) in [5.74, 6) is 0.518. The van der Waals surface area contributed by atoms with Crippen LogP contribution >= 0.6 is 0 Å². The molecule has 2 aromatic carbocycles. The van der Waals surface area contributed by atoms with Gasteiger partial charge in [-0.15, -0.1) is 0 Å². The Labute approximate surface area is 169 Å². The summed E-state index contributed by atoms with van der Waals surface area (Å²) in [6.45, 7) is 3.52. The second-order valence-electron chi connectivity index (χ2n) is 7.59. The molecule has 1 unspecified atom stereocenters. The van der Waals surface area contributed by atoms with Crippen molar-refractivity contribution in [2.24, 2.45) is 0 Å². The second kappa shape index (κ2) is 8.07. The van der Waals surface area contributed by atoms with Crippen LogP contribution in [-0.2, 0) is 4.79 Å². The van der Waals surface area contributed by atoms with Crippen LogP contribution in [0.4, 0.5) is 5.69 Å². The number of carbonyl (C=O) groups is 1. The third kappa shape index (κ3) is 4.01. The summed E-state index contributed by atoms with van der Waals surface area (Å²) in [5, 5.41) is 8.59. The Morgan fingerprint density at radius 2 is 1.76 bits per heavy atom. The van der Waals surface area contributed by atoms with Crippen molar-refractivity contribution in [2.75, 3.05) is 5.32 Å². The van der Waals surface area contributed by atoms with Crippen LogP contribution in [0.5, 0.6) is 5.75 Å². The Hall–Kier alpha value is -3.15. The first-order valence-electron chi connectivity index (χ1n) is 10.1. The lowest BCUT2D eigenvalue weighted by Gasteiger charge is -2.16. The van der Waals surface area contributed by atoms with Gasteiger partial charge in [0.25, 0.3) is 5.56 Å². The Morgan fingerprint density at radius 3 is 2.45 bits per heavy atom. The summed E-state index contributed by atoms with van der Waals surface area (Å²) in [7, 11) is 0. The van der Waals surface area contributed by atoms with Gasteiger partial charge < -0.3 is 10.1 Å². The number of carbonyl (C=O) groups excluding carboxylic acids is 1. The second-order valence-corrected chi connectivity index (χ2v) is 7.59. The number of aryl methyl sites for hydroxylation is 1. The minimum absolute atomic E-state index is 0.269. The molecule has 0 radical (unpaired) electrons. The summed E-state index contributed by atoms with van der Waals surface area (Å²) in [5.41, 5.74) is 1.11. The molecule has 1 amide bonds. The highest BCUT2D eigenvalue weighted by molar-refractivity contribution is 5.93. The fourth-order valence-electron chi connectivity index (χ4n) is 3.81. The van der Waals surface area contributed by atoms with Gasteiger partial charge in [-0.25, -0.2) is 4.68 Å². The third-order valence-corrected chi connectivity index (χ3v) is 5.49. The number of amides is 1. The van der Waals surface area contributed by atoms with Crippen LogP contribution in [0.25, 0.3) is 10.8 Å². The number of benzene rings is 2. The highest BCUT2D eigenvalue weighted by Gasteiger charge is 2.20. The molecule has 6 heteroatoms. The first kappa shape index (κ1) is 19.2. The number of hydrogen-bond donors (Lipinski definition) is 1. The lowest BCUT2D eigenvalue weighted by Crippen LogP contribution is -2.34. The average molecular weight is 391 g/mol. The van der Waals surface area contributed by atoms with E-state index in [2.05, 4.69) is 10.4 Å². The van der Waals surface area contributed by atoms with Crippen LogP contribution in [0.2, 0.25) is 0 Å². The van der Waals surface area contributed by atoms with Gasteiger partial charge in [-0.1, -0.05) is 18.2 Å². The summed E-state index contributed by atoms with van der Waals surface area (Å²) in [4.78, 5) is 25.5. The van der Waals surface area contributed by atoms with Gasteiger partial charge in [0, 0.05) is 11.1 Å². The van der Waals surface area contributed by atoms with Gasteiger partial charge in [-0.2, -0.15) is 5.10 Å². The maximum Gasteiger partial charge on any atom is 0.275 e. The molecule has 1 aliphatic rings. The first-order chi connectivity index (χ1) is 14.0. The van der Waals surface area contributed by atoms with E-state index in [1.165, 1.54) is 17.5 Å². The fourth-order valence-corrected chi connectivity index (χ4v) is 3.81. The SMILES string of the molecule is Cc1nn(C(C)C(=O)Nc2ccc(OC3CCCC3)cc2)c(=O)c2ccccc12. The molecular weight excluding hydrogens is 366 g/mol. The van der Waals surface area contributed by atoms with Crippen molar-refractivity contribution < 1.29 is 9.53 Å². The number of aromatic nitrogens is 2. The molecule has 6 nitrogen and oxygen atoms in total. The Balaban J connectivity index is 1.49. The van der Waals surface area contributed by atoms with Crippen molar-refractivity contribution in [3.05, 3.63) is 64.6 Å². The Bertz CT molecular complexity index is 1080. The van der Waals surface area contributed by atoms with E-state index in [0.29, 0.717) is 22.9 Å². The highest BCUT2D eigenvalue weighted by atomic mass is 16.5. The van der Waals surface area contributed by atoms with E-state index in [4.69, 9.17) is 4.74 Å². The van der Waals surface area contributed by atoms with Crippen molar-refractivity contribution in [3.63, 3.8) is 0 Å². The monoisotopic (exact) mass is 391 g/mol. The van der Waals surface area contributed by atoms with Gasteiger partial charge in [0.1, 0.15) is 11.8 Å². The molecule has 1 N–H and O–H groups in total. The van der Waals surface area contributed by atoms with Gasteiger partial charge in [0.15, 0.2) is 0 Å². The fraction of sp³-hybridized carbons (Fsp3) is 0.348. The lowest BCUT2D eigenvalue weighted by atomic mass is 10.1. The minimum atomic E-state index is -0.736. The number of ether oxygens (including phenoxy) is 1. The van der Waals surface area contributed by atoms with Crippen LogP contribution < -0.4 is 15.6 Å². The quantitative estimate of drug-likeness (QED) is 0.706. The predicted octanol–water partition coefficient (Wildman–Crippen LogP) is 4.23. The van der Waals surface area contributed by atoms with Gasteiger partial charge in [-0.3, -0.25) is 9.59 Å².